The van der Waals surface area contributed by atoms with Crippen molar-refractivity contribution in [2.24, 2.45) is 0 Å². The molecule has 0 unspecified atom stereocenters. The third kappa shape index (κ3) is 5.13. The molecule has 14 aromatic rings. The minimum atomic E-state index is -0.748. The molecule has 0 N–H and O–H groups in total. The molecule has 1 aliphatic carbocycles. The average Bonchev–Trinajstić information content (AvgIpc) is 4.15. The van der Waals surface area contributed by atoms with Crippen molar-refractivity contribution in [1.29, 1.82) is 0 Å². The number of fused-ring (bicyclic) bond motifs is 18. The van der Waals surface area contributed by atoms with E-state index in [-0.39, 0.29) is 0 Å². The van der Waals surface area contributed by atoms with E-state index in [2.05, 4.69) is 220 Å². The average molecular weight is 907 g/mol. The molecule has 0 saturated carbocycles. The quantitative estimate of drug-likeness (QED) is 0.176. The topological polar surface area (TPSA) is 62.7 Å². The van der Waals surface area contributed by atoms with Gasteiger partial charge in [0.25, 0.3) is 0 Å². The summed E-state index contributed by atoms with van der Waals surface area (Å²) in [5.41, 5.74) is 15.3. The van der Waals surface area contributed by atoms with Crippen LogP contribution in [0.15, 0.2) is 231 Å². The van der Waals surface area contributed by atoms with Gasteiger partial charge in [-0.2, -0.15) is 0 Å². The first kappa shape index (κ1) is 38.4. The summed E-state index contributed by atoms with van der Waals surface area (Å²) in [6, 6.07) is 78.3. The number of nitrogens with zero attached hydrogens (tertiary/aromatic N) is 6. The third-order valence-electron chi connectivity index (χ3n) is 15.2. The molecule has 1 spiro atoms. The van der Waals surface area contributed by atoms with Crippen molar-refractivity contribution in [3.63, 3.8) is 0 Å². The van der Waals surface area contributed by atoms with Crippen LogP contribution in [0.4, 0.5) is 0 Å². The summed E-state index contributed by atoms with van der Waals surface area (Å²) in [7, 11) is 0. The van der Waals surface area contributed by atoms with E-state index in [1.807, 2.05) is 24.5 Å². The largest absolute Gasteiger partial charge is 0.457 e. The molecule has 0 atom stereocenters. The fourth-order valence-electron chi connectivity index (χ4n) is 12.3. The number of para-hydroxylation sites is 5. The Labute approximate surface area is 406 Å². The monoisotopic (exact) mass is 906 g/mol. The molecule has 0 fully saturated rings. The van der Waals surface area contributed by atoms with Crippen LogP contribution < -0.4 is 4.74 Å². The van der Waals surface area contributed by atoms with E-state index in [1.165, 1.54) is 21.5 Å². The second kappa shape index (κ2) is 14.2. The van der Waals surface area contributed by atoms with Crippen LogP contribution in [-0.2, 0) is 5.41 Å². The Morgan fingerprint density at radius 3 is 1.37 bits per heavy atom. The van der Waals surface area contributed by atoms with E-state index < -0.39 is 5.41 Å². The van der Waals surface area contributed by atoms with Gasteiger partial charge in [-0.25, -0.2) is 4.98 Å². The Kier molecular flexibility index (Phi) is 7.69. The van der Waals surface area contributed by atoms with Crippen LogP contribution in [0.5, 0.6) is 11.5 Å². The van der Waals surface area contributed by atoms with Crippen molar-refractivity contribution in [3.05, 3.63) is 253 Å². The Balaban J connectivity index is 0.866. The molecule has 8 aromatic carbocycles. The van der Waals surface area contributed by atoms with Crippen molar-refractivity contribution in [1.82, 2.24) is 28.7 Å². The van der Waals surface area contributed by atoms with Crippen LogP contribution in [0.3, 0.4) is 0 Å². The van der Waals surface area contributed by atoms with Gasteiger partial charge in [0.1, 0.15) is 23.1 Å². The molecule has 7 nitrogen and oxygen atoms in total. The number of hydrogen-bond acceptors (Lipinski definition) is 4. The van der Waals surface area contributed by atoms with Gasteiger partial charge in [0.15, 0.2) is 0 Å². The summed E-state index contributed by atoms with van der Waals surface area (Å²) < 4.78 is 14.1. The van der Waals surface area contributed by atoms with E-state index in [1.54, 1.807) is 0 Å². The zero-order valence-corrected chi connectivity index (χ0v) is 38.0. The Morgan fingerprint density at radius 2 is 0.803 bits per heavy atom. The van der Waals surface area contributed by atoms with Crippen LogP contribution in [0.1, 0.15) is 22.3 Å². The molecule has 0 bridgehead atoms. The van der Waals surface area contributed by atoms with Gasteiger partial charge in [-0.15, -0.1) is 0 Å². The molecule has 0 amide bonds. The summed E-state index contributed by atoms with van der Waals surface area (Å²) in [5, 5.41) is 7.17. The van der Waals surface area contributed by atoms with E-state index >= 15 is 0 Å². The summed E-state index contributed by atoms with van der Waals surface area (Å²) in [6.45, 7) is 0. The van der Waals surface area contributed by atoms with Crippen LogP contribution in [0.2, 0.25) is 0 Å². The lowest BCUT2D eigenvalue weighted by molar-refractivity contribution is 0.436. The van der Waals surface area contributed by atoms with E-state index in [9.17, 15) is 0 Å². The smallest absolute Gasteiger partial charge is 0.140 e. The number of pyridine rings is 3. The molecule has 0 saturated heterocycles. The normalized spacial score (nSPS) is 13.3. The van der Waals surface area contributed by atoms with Crippen LogP contribution in [0, 0.1) is 0 Å². The van der Waals surface area contributed by atoms with Gasteiger partial charge in [-0.3, -0.25) is 19.1 Å². The number of benzene rings is 8. The predicted molar refractivity (Wildman–Crippen MR) is 286 cm³/mol. The fourth-order valence-corrected chi connectivity index (χ4v) is 12.3. The second-order valence-corrected chi connectivity index (χ2v) is 18.7. The van der Waals surface area contributed by atoms with Crippen molar-refractivity contribution in [2.75, 3.05) is 0 Å². The van der Waals surface area contributed by atoms with Crippen LogP contribution >= 0.6 is 0 Å². The number of ether oxygens (including phenoxy) is 1. The Morgan fingerprint density at radius 1 is 0.324 bits per heavy atom. The molecule has 71 heavy (non-hydrogen) atoms. The highest BCUT2D eigenvalue weighted by atomic mass is 16.5. The lowest BCUT2D eigenvalue weighted by Crippen LogP contribution is -2.32. The van der Waals surface area contributed by atoms with Gasteiger partial charge in [0.2, 0.25) is 0 Å². The van der Waals surface area contributed by atoms with Crippen molar-refractivity contribution < 1.29 is 4.74 Å². The summed E-state index contributed by atoms with van der Waals surface area (Å²) in [6.07, 6.45) is 3.75. The van der Waals surface area contributed by atoms with Crippen molar-refractivity contribution in [2.45, 2.75) is 5.41 Å². The fraction of sp³-hybridized carbons (Fsp3) is 0.0156. The van der Waals surface area contributed by atoms with Gasteiger partial charge < -0.3 is 9.30 Å². The first-order chi connectivity index (χ1) is 35.2. The summed E-state index contributed by atoms with van der Waals surface area (Å²) in [4.78, 5) is 15.5. The molecular formula is C64H38N6O. The van der Waals surface area contributed by atoms with Crippen molar-refractivity contribution in [3.8, 4) is 51.3 Å². The minimum Gasteiger partial charge on any atom is -0.457 e. The Bertz CT molecular complexity index is 4440. The van der Waals surface area contributed by atoms with Gasteiger partial charge in [-0.1, -0.05) is 127 Å². The lowest BCUT2D eigenvalue weighted by atomic mass is 9.66. The maximum absolute atomic E-state index is 7.15. The highest BCUT2D eigenvalue weighted by Gasteiger charge is 2.52. The molecule has 1 aliphatic heterocycles. The van der Waals surface area contributed by atoms with Gasteiger partial charge >= 0.3 is 0 Å². The maximum Gasteiger partial charge on any atom is 0.140 e. The first-order valence-electron chi connectivity index (χ1n) is 24.1. The highest BCUT2D eigenvalue weighted by Crippen LogP contribution is 2.62. The molecule has 7 heterocycles. The summed E-state index contributed by atoms with van der Waals surface area (Å²) >= 11 is 0. The molecule has 2 aliphatic rings. The number of rotatable bonds is 4. The maximum atomic E-state index is 7.15. The third-order valence-corrected chi connectivity index (χ3v) is 15.2. The van der Waals surface area contributed by atoms with Crippen molar-refractivity contribution >= 4 is 65.4 Å². The molecule has 330 valence electrons. The highest BCUT2D eigenvalue weighted by molar-refractivity contribution is 6.12. The van der Waals surface area contributed by atoms with E-state index in [4.69, 9.17) is 19.7 Å². The molecule has 6 aromatic heterocycles. The zero-order chi connectivity index (χ0) is 46.4. The number of hydrogen-bond donors (Lipinski definition) is 0. The predicted octanol–water partition coefficient (Wildman–Crippen LogP) is 15.3. The number of aromatic nitrogens is 6. The molecule has 0 radical (unpaired) electrons. The van der Waals surface area contributed by atoms with Crippen LogP contribution in [-0.4, -0.2) is 28.7 Å². The van der Waals surface area contributed by atoms with Gasteiger partial charge in [-0.05, 0) is 113 Å². The Hall–Kier alpha value is -9.59. The van der Waals surface area contributed by atoms with Crippen LogP contribution in [0.25, 0.3) is 105 Å². The second-order valence-electron chi connectivity index (χ2n) is 18.7. The SMILES string of the molecule is c1cc(-n2c3ccccc3c3ccccc32)nc(-n2c3ccccc3c3cc(-c4ccc5c(c4)Oc4ccc(-n6c7ccccc7c7ccccc76)cc4C54c5cccnc5-c5ncccc54)ccc32)c1. The molecule has 16 rings (SSSR count). The van der Waals surface area contributed by atoms with E-state index in [0.29, 0.717) is 0 Å². The van der Waals surface area contributed by atoms with E-state index in [0.717, 1.165) is 117 Å². The molecule has 7 heteroatoms. The lowest BCUT2D eigenvalue weighted by Gasteiger charge is -2.39. The van der Waals surface area contributed by atoms with Gasteiger partial charge in [0, 0.05) is 61.5 Å². The molecular weight excluding hydrogens is 869 g/mol. The standard InChI is InChI=1S/C64H38N6O/c1-6-21-52-42(14-1)43-15-2-7-22-53(43)68(52)41-30-33-58-51(38-41)64(49-19-12-34-65-62(49)63-50(64)20-13-35-66-63)48-31-28-40(37-59(48)71-58)39-29-32-57-47(36-39)46-18-5-10-25-56(46)70(57)61-27-11-26-60(67-61)69-54-23-8-3-16-44(54)45-17-4-9-24-55(45)69/h1-38H. The summed E-state index contributed by atoms with van der Waals surface area (Å²) in [5.74, 6) is 3.34. The minimum absolute atomic E-state index is 0.748. The zero-order valence-electron chi connectivity index (χ0n) is 38.0. The first-order valence-corrected chi connectivity index (χ1v) is 24.1. The van der Waals surface area contributed by atoms with Gasteiger partial charge in [0.05, 0.1) is 49.9 Å².